The van der Waals surface area contributed by atoms with Crippen LogP contribution in [0.15, 0.2) is 38.6 Å². The number of hydrogen-bond acceptors (Lipinski definition) is 3. The number of fused-ring (bicyclic) bond motifs is 1. The summed E-state index contributed by atoms with van der Waals surface area (Å²) in [6, 6.07) is 7.82. The number of aryl methyl sites for hydroxylation is 1. The SMILES string of the molecule is Cc1[nH]oc(=O)c1C=C1C=Nc2ccccc21. The normalized spacial score (nSPS) is 15.5. The van der Waals surface area contributed by atoms with Crippen molar-refractivity contribution < 1.29 is 4.52 Å². The molecule has 1 aliphatic heterocycles. The number of aliphatic imine (C=N–C) groups is 1. The molecule has 1 aliphatic rings. The van der Waals surface area contributed by atoms with Crippen LogP contribution in [0.25, 0.3) is 11.6 Å². The highest BCUT2D eigenvalue weighted by atomic mass is 16.5. The topological polar surface area (TPSA) is 58.4 Å². The lowest BCUT2D eigenvalue weighted by Crippen LogP contribution is -1.97. The van der Waals surface area contributed by atoms with Crippen molar-refractivity contribution in [2.45, 2.75) is 6.92 Å². The van der Waals surface area contributed by atoms with Crippen molar-refractivity contribution in [1.82, 2.24) is 5.16 Å². The van der Waals surface area contributed by atoms with Gasteiger partial charge in [-0.2, -0.15) is 0 Å². The zero-order chi connectivity index (χ0) is 11.8. The van der Waals surface area contributed by atoms with Gasteiger partial charge in [-0.15, -0.1) is 0 Å². The predicted octanol–water partition coefficient (Wildman–Crippen LogP) is 2.53. The third kappa shape index (κ3) is 1.54. The summed E-state index contributed by atoms with van der Waals surface area (Å²) < 4.78 is 4.72. The largest absolute Gasteiger partial charge is 0.364 e. The van der Waals surface area contributed by atoms with Crippen molar-refractivity contribution in [3.63, 3.8) is 0 Å². The van der Waals surface area contributed by atoms with Crippen molar-refractivity contribution in [2.75, 3.05) is 0 Å². The maximum atomic E-state index is 11.5. The number of hydrogen-bond donors (Lipinski definition) is 1. The summed E-state index contributed by atoms with van der Waals surface area (Å²) in [5.41, 5.74) is 3.80. The van der Waals surface area contributed by atoms with Gasteiger partial charge in [0.15, 0.2) is 0 Å². The van der Waals surface area contributed by atoms with Gasteiger partial charge in [-0.25, -0.2) is 9.95 Å². The summed E-state index contributed by atoms with van der Waals surface area (Å²) in [4.78, 5) is 15.7. The van der Waals surface area contributed by atoms with Crippen LogP contribution >= 0.6 is 0 Å². The van der Waals surface area contributed by atoms with Crippen LogP contribution in [0, 0.1) is 6.92 Å². The van der Waals surface area contributed by atoms with Crippen LogP contribution < -0.4 is 5.63 Å². The molecule has 1 aromatic carbocycles. The third-order valence-corrected chi connectivity index (χ3v) is 2.78. The summed E-state index contributed by atoms with van der Waals surface area (Å²) in [6.07, 6.45) is 3.56. The number of rotatable bonds is 1. The standard InChI is InChI=1S/C13H10N2O2/c1-8-11(13(16)17-15-8)6-9-7-14-12-5-3-2-4-10(9)12/h2-7,15H,1H3. The Morgan fingerprint density at radius 2 is 2.18 bits per heavy atom. The van der Waals surface area contributed by atoms with Gasteiger partial charge in [-0.05, 0) is 19.1 Å². The monoisotopic (exact) mass is 226 g/mol. The molecular weight excluding hydrogens is 216 g/mol. The fourth-order valence-corrected chi connectivity index (χ4v) is 1.86. The van der Waals surface area contributed by atoms with Crippen LogP contribution in [-0.4, -0.2) is 11.4 Å². The molecule has 2 aromatic rings. The van der Waals surface area contributed by atoms with E-state index in [2.05, 4.69) is 10.1 Å². The van der Waals surface area contributed by atoms with E-state index < -0.39 is 0 Å². The molecule has 3 rings (SSSR count). The molecular formula is C13H10N2O2. The number of para-hydroxylation sites is 1. The fourth-order valence-electron chi connectivity index (χ4n) is 1.86. The Balaban J connectivity index is 2.15. The first-order valence-corrected chi connectivity index (χ1v) is 5.29. The highest BCUT2D eigenvalue weighted by Gasteiger charge is 2.13. The van der Waals surface area contributed by atoms with E-state index in [1.54, 1.807) is 19.2 Å². The molecule has 0 spiro atoms. The fraction of sp³-hybridized carbons (Fsp3) is 0.0769. The van der Waals surface area contributed by atoms with Crippen LogP contribution in [0.4, 0.5) is 5.69 Å². The minimum Gasteiger partial charge on any atom is -0.338 e. The quantitative estimate of drug-likeness (QED) is 0.812. The maximum Gasteiger partial charge on any atom is 0.364 e. The molecule has 4 heteroatoms. The first-order valence-electron chi connectivity index (χ1n) is 5.29. The van der Waals surface area contributed by atoms with E-state index in [1.807, 2.05) is 24.3 Å². The van der Waals surface area contributed by atoms with E-state index in [-0.39, 0.29) is 5.63 Å². The molecule has 0 radical (unpaired) electrons. The lowest BCUT2D eigenvalue weighted by molar-refractivity contribution is 0.387. The lowest BCUT2D eigenvalue weighted by atomic mass is 10.0. The van der Waals surface area contributed by atoms with Crippen LogP contribution in [0.5, 0.6) is 0 Å². The molecule has 2 heterocycles. The van der Waals surface area contributed by atoms with Crippen molar-refractivity contribution in [1.29, 1.82) is 0 Å². The molecule has 0 fully saturated rings. The molecule has 0 unspecified atom stereocenters. The Hall–Kier alpha value is -2.36. The Labute approximate surface area is 97.3 Å². The highest BCUT2D eigenvalue weighted by Crippen LogP contribution is 2.31. The number of nitrogens with one attached hydrogen (secondary N) is 1. The molecule has 4 nitrogen and oxygen atoms in total. The second kappa shape index (κ2) is 3.59. The van der Waals surface area contributed by atoms with Gasteiger partial charge < -0.3 is 4.52 Å². The van der Waals surface area contributed by atoms with Gasteiger partial charge in [0.25, 0.3) is 0 Å². The number of allylic oxidation sites excluding steroid dienone is 1. The van der Waals surface area contributed by atoms with Gasteiger partial charge in [0.1, 0.15) is 0 Å². The third-order valence-electron chi connectivity index (χ3n) is 2.78. The Morgan fingerprint density at radius 3 is 2.94 bits per heavy atom. The summed E-state index contributed by atoms with van der Waals surface area (Å²) in [5, 5.41) is 2.56. The highest BCUT2D eigenvalue weighted by molar-refractivity contribution is 6.21. The van der Waals surface area contributed by atoms with E-state index in [9.17, 15) is 4.79 Å². The molecule has 0 bridgehead atoms. The van der Waals surface area contributed by atoms with Crippen LogP contribution in [0.3, 0.4) is 0 Å². The Morgan fingerprint density at radius 1 is 1.35 bits per heavy atom. The van der Waals surface area contributed by atoms with Crippen LogP contribution in [-0.2, 0) is 0 Å². The van der Waals surface area contributed by atoms with Gasteiger partial charge in [-0.3, -0.25) is 4.99 Å². The summed E-state index contributed by atoms with van der Waals surface area (Å²) in [5.74, 6) is 0. The molecule has 1 N–H and O–H groups in total. The lowest BCUT2D eigenvalue weighted by Gasteiger charge is -1.97. The molecule has 1 aromatic heterocycles. The van der Waals surface area contributed by atoms with E-state index in [0.717, 1.165) is 22.5 Å². The van der Waals surface area contributed by atoms with Gasteiger partial charge in [-0.1, -0.05) is 18.2 Å². The minimum absolute atomic E-state index is 0.354. The van der Waals surface area contributed by atoms with Gasteiger partial charge in [0.05, 0.1) is 16.9 Å². The van der Waals surface area contributed by atoms with Crippen molar-refractivity contribution >= 4 is 23.6 Å². The second-order valence-corrected chi connectivity index (χ2v) is 3.91. The van der Waals surface area contributed by atoms with Gasteiger partial charge >= 0.3 is 5.63 Å². The van der Waals surface area contributed by atoms with Crippen molar-refractivity contribution in [3.8, 4) is 0 Å². The molecule has 0 aliphatic carbocycles. The zero-order valence-electron chi connectivity index (χ0n) is 9.23. The molecule has 17 heavy (non-hydrogen) atoms. The Kier molecular flexibility index (Phi) is 2.08. The predicted molar refractivity (Wildman–Crippen MR) is 66.5 cm³/mol. The number of benzene rings is 1. The smallest absolute Gasteiger partial charge is 0.338 e. The summed E-state index contributed by atoms with van der Waals surface area (Å²) >= 11 is 0. The van der Waals surface area contributed by atoms with Crippen LogP contribution in [0.1, 0.15) is 16.8 Å². The average Bonchev–Trinajstić information content (AvgIpc) is 2.88. The second-order valence-electron chi connectivity index (χ2n) is 3.91. The summed E-state index contributed by atoms with van der Waals surface area (Å²) in [7, 11) is 0. The zero-order valence-corrected chi connectivity index (χ0v) is 9.23. The molecule has 84 valence electrons. The van der Waals surface area contributed by atoms with E-state index in [4.69, 9.17) is 4.52 Å². The number of nitrogens with zero attached hydrogens (tertiary/aromatic N) is 1. The van der Waals surface area contributed by atoms with Crippen molar-refractivity contribution in [3.05, 3.63) is 51.5 Å². The number of aromatic nitrogens is 1. The van der Waals surface area contributed by atoms with E-state index >= 15 is 0 Å². The molecule has 0 atom stereocenters. The molecule has 0 saturated carbocycles. The van der Waals surface area contributed by atoms with Gasteiger partial charge in [0, 0.05) is 17.4 Å². The molecule has 0 amide bonds. The Bertz CT molecular complexity index is 689. The first kappa shape index (κ1) is 9.84. The van der Waals surface area contributed by atoms with Gasteiger partial charge in [0.2, 0.25) is 0 Å². The number of H-pyrrole nitrogens is 1. The minimum atomic E-state index is -0.354. The van der Waals surface area contributed by atoms with E-state index in [1.165, 1.54) is 0 Å². The number of aromatic amines is 1. The summed E-state index contributed by atoms with van der Waals surface area (Å²) in [6.45, 7) is 1.80. The van der Waals surface area contributed by atoms with E-state index in [0.29, 0.717) is 5.56 Å². The molecule has 0 saturated heterocycles. The maximum absolute atomic E-state index is 11.5. The van der Waals surface area contributed by atoms with Crippen LogP contribution in [0.2, 0.25) is 0 Å². The average molecular weight is 226 g/mol. The first-order chi connectivity index (χ1) is 8.25. The van der Waals surface area contributed by atoms with Crippen molar-refractivity contribution in [2.24, 2.45) is 4.99 Å².